The lowest BCUT2D eigenvalue weighted by Gasteiger charge is -2.08. The zero-order chi connectivity index (χ0) is 22.5. The second kappa shape index (κ2) is 29.7. The van der Waals surface area contributed by atoms with Gasteiger partial charge in [-0.1, -0.05) is 51.9 Å². The van der Waals surface area contributed by atoms with Crippen LogP contribution in [0.3, 0.4) is 0 Å². The molecular formula is C24H50O7. The zero-order valence-electron chi connectivity index (χ0n) is 20.2. The number of aliphatic hydroxyl groups excluding tert-OH is 1. The number of hydrogen-bond acceptors (Lipinski definition) is 7. The summed E-state index contributed by atoms with van der Waals surface area (Å²) in [5.74, 6) is 0. The molecule has 0 saturated heterocycles. The summed E-state index contributed by atoms with van der Waals surface area (Å²) in [7, 11) is 0. The summed E-state index contributed by atoms with van der Waals surface area (Å²) >= 11 is 0. The van der Waals surface area contributed by atoms with Crippen LogP contribution in [0.15, 0.2) is 0 Å². The molecule has 0 unspecified atom stereocenters. The maximum Gasteiger partial charge on any atom is 0.0701 e. The first kappa shape index (κ1) is 30.7. The van der Waals surface area contributed by atoms with E-state index in [9.17, 15) is 0 Å². The summed E-state index contributed by atoms with van der Waals surface area (Å²) in [6, 6.07) is 0. The van der Waals surface area contributed by atoms with Gasteiger partial charge in [-0.05, 0) is 19.3 Å². The molecule has 0 aliphatic heterocycles. The molecule has 0 aromatic rings. The Kier molecular flexibility index (Phi) is 29.5. The van der Waals surface area contributed by atoms with Gasteiger partial charge >= 0.3 is 0 Å². The molecular weight excluding hydrogens is 400 g/mol. The molecule has 0 bridgehead atoms. The average Bonchev–Trinajstić information content (AvgIpc) is 2.78. The second-order valence-corrected chi connectivity index (χ2v) is 7.58. The SMILES string of the molecule is CCCCCCCCOCCOCCOCCOCCOCCOCCCCCCO. The summed E-state index contributed by atoms with van der Waals surface area (Å²) in [4.78, 5) is 0. The molecule has 0 saturated carbocycles. The molecule has 0 fully saturated rings. The van der Waals surface area contributed by atoms with E-state index in [4.69, 9.17) is 33.5 Å². The highest BCUT2D eigenvalue weighted by molar-refractivity contribution is 4.44. The van der Waals surface area contributed by atoms with Crippen LogP contribution in [0.4, 0.5) is 0 Å². The predicted molar refractivity (Wildman–Crippen MR) is 124 cm³/mol. The highest BCUT2D eigenvalue weighted by atomic mass is 16.6. The van der Waals surface area contributed by atoms with Crippen molar-refractivity contribution in [2.75, 3.05) is 85.9 Å². The smallest absolute Gasteiger partial charge is 0.0701 e. The lowest BCUT2D eigenvalue weighted by molar-refractivity contribution is -0.0169. The van der Waals surface area contributed by atoms with Crippen LogP contribution >= 0.6 is 0 Å². The molecule has 0 rings (SSSR count). The summed E-state index contributed by atoms with van der Waals surface area (Å²) in [5.41, 5.74) is 0. The van der Waals surface area contributed by atoms with E-state index < -0.39 is 0 Å². The number of hydrogen-bond donors (Lipinski definition) is 1. The Morgan fingerprint density at radius 3 is 1.00 bits per heavy atom. The van der Waals surface area contributed by atoms with E-state index in [1.54, 1.807) is 0 Å². The summed E-state index contributed by atoms with van der Waals surface area (Å²) in [6.07, 6.45) is 11.8. The minimum Gasteiger partial charge on any atom is -0.396 e. The first-order chi connectivity index (χ1) is 15.4. The Morgan fingerprint density at radius 2 is 0.645 bits per heavy atom. The van der Waals surface area contributed by atoms with Crippen LogP contribution in [-0.4, -0.2) is 91.0 Å². The van der Waals surface area contributed by atoms with E-state index in [0.717, 1.165) is 45.3 Å². The predicted octanol–water partition coefficient (Wildman–Crippen LogP) is 4.00. The lowest BCUT2D eigenvalue weighted by atomic mass is 10.1. The van der Waals surface area contributed by atoms with Crippen molar-refractivity contribution >= 4 is 0 Å². The molecule has 0 spiro atoms. The second-order valence-electron chi connectivity index (χ2n) is 7.58. The molecule has 1 N–H and O–H groups in total. The number of rotatable bonds is 28. The monoisotopic (exact) mass is 450 g/mol. The Bertz CT molecular complexity index is 278. The zero-order valence-corrected chi connectivity index (χ0v) is 20.2. The van der Waals surface area contributed by atoms with Gasteiger partial charge in [0.15, 0.2) is 0 Å². The first-order valence-electron chi connectivity index (χ1n) is 12.5. The molecule has 0 aromatic carbocycles. The van der Waals surface area contributed by atoms with Gasteiger partial charge in [0, 0.05) is 19.8 Å². The van der Waals surface area contributed by atoms with Crippen molar-refractivity contribution in [2.24, 2.45) is 0 Å². The van der Waals surface area contributed by atoms with Crippen LogP contribution in [0, 0.1) is 0 Å². The molecule has 0 aliphatic rings. The van der Waals surface area contributed by atoms with E-state index in [1.807, 2.05) is 0 Å². The van der Waals surface area contributed by atoms with Gasteiger partial charge in [0.25, 0.3) is 0 Å². The van der Waals surface area contributed by atoms with E-state index in [0.29, 0.717) is 66.1 Å². The van der Waals surface area contributed by atoms with E-state index in [2.05, 4.69) is 6.92 Å². The van der Waals surface area contributed by atoms with Crippen molar-refractivity contribution in [3.05, 3.63) is 0 Å². The molecule has 0 aromatic heterocycles. The van der Waals surface area contributed by atoms with Crippen molar-refractivity contribution in [1.29, 1.82) is 0 Å². The maximum absolute atomic E-state index is 8.69. The normalized spacial score (nSPS) is 11.4. The number of unbranched alkanes of at least 4 members (excludes halogenated alkanes) is 8. The van der Waals surface area contributed by atoms with Crippen molar-refractivity contribution < 1.29 is 33.5 Å². The lowest BCUT2D eigenvalue weighted by Crippen LogP contribution is -2.14. The number of ether oxygens (including phenoxy) is 6. The topological polar surface area (TPSA) is 75.6 Å². The van der Waals surface area contributed by atoms with Crippen LogP contribution in [0.2, 0.25) is 0 Å². The highest BCUT2D eigenvalue weighted by Gasteiger charge is 1.95. The van der Waals surface area contributed by atoms with Gasteiger partial charge in [0.1, 0.15) is 0 Å². The molecule has 0 radical (unpaired) electrons. The third-order valence-electron chi connectivity index (χ3n) is 4.70. The van der Waals surface area contributed by atoms with E-state index in [1.165, 1.54) is 32.1 Å². The largest absolute Gasteiger partial charge is 0.396 e. The fourth-order valence-corrected chi connectivity index (χ4v) is 2.86. The standard InChI is InChI=1S/C24H50O7/c1-2-3-4-5-7-10-13-26-15-17-28-19-21-30-23-24-31-22-20-29-18-16-27-14-11-8-6-9-12-25/h25H,2-24H2,1H3. The fraction of sp³-hybridized carbons (Fsp3) is 1.00. The van der Waals surface area contributed by atoms with Gasteiger partial charge in [-0.15, -0.1) is 0 Å². The van der Waals surface area contributed by atoms with E-state index in [-0.39, 0.29) is 6.61 Å². The Morgan fingerprint density at radius 1 is 0.355 bits per heavy atom. The van der Waals surface area contributed by atoms with Gasteiger partial charge in [-0.3, -0.25) is 0 Å². The highest BCUT2D eigenvalue weighted by Crippen LogP contribution is 2.04. The molecule has 7 nitrogen and oxygen atoms in total. The van der Waals surface area contributed by atoms with Gasteiger partial charge < -0.3 is 33.5 Å². The molecule has 0 aliphatic carbocycles. The van der Waals surface area contributed by atoms with Gasteiger partial charge in [0.05, 0.1) is 66.1 Å². The van der Waals surface area contributed by atoms with Crippen LogP contribution in [-0.2, 0) is 28.4 Å². The molecule has 0 amide bonds. The third kappa shape index (κ3) is 29.7. The maximum atomic E-state index is 8.69. The Labute approximate surface area is 191 Å². The molecule has 0 heterocycles. The summed E-state index contributed by atoms with van der Waals surface area (Å²) in [6.45, 7) is 10.1. The quantitative estimate of drug-likeness (QED) is 0.181. The molecule has 0 atom stereocenters. The Hall–Kier alpha value is -0.280. The Balaban J connectivity index is 2.98. The molecule has 188 valence electrons. The van der Waals surface area contributed by atoms with Crippen molar-refractivity contribution in [1.82, 2.24) is 0 Å². The summed E-state index contributed by atoms with van der Waals surface area (Å²) in [5, 5.41) is 8.69. The van der Waals surface area contributed by atoms with Crippen molar-refractivity contribution in [3.63, 3.8) is 0 Å². The first-order valence-corrected chi connectivity index (χ1v) is 12.5. The van der Waals surface area contributed by atoms with E-state index >= 15 is 0 Å². The molecule has 31 heavy (non-hydrogen) atoms. The molecule has 7 heteroatoms. The van der Waals surface area contributed by atoms with Gasteiger partial charge in [-0.25, -0.2) is 0 Å². The van der Waals surface area contributed by atoms with Crippen LogP contribution < -0.4 is 0 Å². The van der Waals surface area contributed by atoms with Crippen LogP contribution in [0.1, 0.15) is 71.1 Å². The minimum absolute atomic E-state index is 0.284. The fourth-order valence-electron chi connectivity index (χ4n) is 2.86. The number of aliphatic hydroxyl groups is 1. The van der Waals surface area contributed by atoms with Gasteiger partial charge in [-0.2, -0.15) is 0 Å². The van der Waals surface area contributed by atoms with Crippen LogP contribution in [0.25, 0.3) is 0 Å². The minimum atomic E-state index is 0.284. The average molecular weight is 451 g/mol. The summed E-state index contributed by atoms with van der Waals surface area (Å²) < 4.78 is 32.9. The van der Waals surface area contributed by atoms with Crippen LogP contribution in [0.5, 0.6) is 0 Å². The van der Waals surface area contributed by atoms with Gasteiger partial charge in [0.2, 0.25) is 0 Å². The van der Waals surface area contributed by atoms with Crippen molar-refractivity contribution in [2.45, 2.75) is 71.1 Å². The third-order valence-corrected chi connectivity index (χ3v) is 4.70. The van der Waals surface area contributed by atoms with Crippen molar-refractivity contribution in [3.8, 4) is 0 Å².